The molecule has 0 unspecified atom stereocenters. The number of carbonyl (C=O) groups excluding carboxylic acids is 2. The van der Waals surface area contributed by atoms with Crippen LogP contribution in [0, 0.1) is 10.1 Å². The smallest absolute Gasteiger partial charge is 0.271 e. The molecule has 0 saturated carbocycles. The van der Waals surface area contributed by atoms with E-state index in [0.717, 1.165) is 35.0 Å². The minimum atomic E-state index is -4.08. The minimum absolute atomic E-state index is 0.0500. The monoisotopic (exact) mass is 548 g/mol. The Morgan fingerprint density at radius 3 is 2.37 bits per heavy atom. The number of ether oxygens (including phenoxy) is 1. The Labute approximate surface area is 224 Å². The molecular formula is C26H36N4O7S. The van der Waals surface area contributed by atoms with Gasteiger partial charge < -0.3 is 15.0 Å². The van der Waals surface area contributed by atoms with E-state index in [9.17, 15) is 28.1 Å². The third kappa shape index (κ3) is 8.44. The molecule has 0 fully saturated rings. The molecule has 2 aromatic rings. The fourth-order valence-corrected chi connectivity index (χ4v) is 4.83. The molecule has 0 bridgehead atoms. The number of nitro groups is 1. The van der Waals surface area contributed by atoms with Crippen molar-refractivity contribution in [3.8, 4) is 5.75 Å². The summed E-state index contributed by atoms with van der Waals surface area (Å²) < 4.78 is 31.7. The van der Waals surface area contributed by atoms with Crippen LogP contribution < -0.4 is 14.4 Å². The number of anilines is 1. The Balaban J connectivity index is 2.45. The van der Waals surface area contributed by atoms with Crippen molar-refractivity contribution < 1.29 is 27.7 Å². The fraction of sp³-hybridized carbons (Fsp3) is 0.462. The van der Waals surface area contributed by atoms with Crippen LogP contribution in [0.15, 0.2) is 48.5 Å². The van der Waals surface area contributed by atoms with E-state index in [-0.39, 0.29) is 29.6 Å². The first-order chi connectivity index (χ1) is 18.0. The number of nitrogens with zero attached hydrogens (tertiary/aromatic N) is 3. The van der Waals surface area contributed by atoms with Crippen molar-refractivity contribution >= 4 is 33.2 Å². The molecule has 1 atom stereocenters. The number of hydrogen-bond donors (Lipinski definition) is 1. The first-order valence-electron chi connectivity index (χ1n) is 12.4. The standard InChI is InChI=1S/C26H36N4O7S/c1-5-7-16-27-26(32)22(6-2)28(17-15-20-11-9-8-10-12-20)25(31)19-29(38(4,35)36)23-18-21(30(33)34)13-14-24(23)37-3/h8-14,18,22H,5-7,15-17,19H2,1-4H3,(H,27,32)/t22-/m0/s1. The maximum atomic E-state index is 13.7. The number of sulfonamides is 1. The molecule has 0 radical (unpaired) electrons. The minimum Gasteiger partial charge on any atom is -0.495 e. The van der Waals surface area contributed by atoms with E-state index in [1.165, 1.54) is 24.1 Å². The third-order valence-corrected chi connectivity index (χ3v) is 7.15. The van der Waals surface area contributed by atoms with E-state index < -0.39 is 33.4 Å². The van der Waals surface area contributed by atoms with E-state index >= 15 is 0 Å². The molecule has 1 N–H and O–H groups in total. The van der Waals surface area contributed by atoms with Crippen molar-refractivity contribution in [1.82, 2.24) is 10.2 Å². The predicted octanol–water partition coefficient (Wildman–Crippen LogP) is 3.14. The van der Waals surface area contributed by atoms with Gasteiger partial charge in [-0.1, -0.05) is 50.6 Å². The summed E-state index contributed by atoms with van der Waals surface area (Å²) in [5.41, 5.74) is 0.456. The van der Waals surface area contributed by atoms with Gasteiger partial charge in [-0.15, -0.1) is 0 Å². The summed E-state index contributed by atoms with van der Waals surface area (Å²) in [6.07, 6.45) is 3.35. The normalized spacial score (nSPS) is 11.9. The lowest BCUT2D eigenvalue weighted by atomic mass is 10.1. The van der Waals surface area contributed by atoms with Gasteiger partial charge in [0.2, 0.25) is 21.8 Å². The van der Waals surface area contributed by atoms with Crippen LogP contribution in [0.3, 0.4) is 0 Å². The number of nitrogens with one attached hydrogen (secondary N) is 1. The van der Waals surface area contributed by atoms with Crippen molar-refractivity contribution in [2.24, 2.45) is 0 Å². The summed E-state index contributed by atoms with van der Waals surface area (Å²) in [6.45, 7) is 3.76. The van der Waals surface area contributed by atoms with Crippen LogP contribution in [0.1, 0.15) is 38.7 Å². The van der Waals surface area contributed by atoms with Gasteiger partial charge in [0.15, 0.2) is 0 Å². The molecule has 208 valence electrons. The van der Waals surface area contributed by atoms with Crippen molar-refractivity contribution in [2.75, 3.05) is 37.3 Å². The molecule has 0 aliphatic heterocycles. The molecule has 38 heavy (non-hydrogen) atoms. The summed E-state index contributed by atoms with van der Waals surface area (Å²) in [5.74, 6) is -0.882. The maximum absolute atomic E-state index is 13.7. The van der Waals surface area contributed by atoms with Gasteiger partial charge in [0.1, 0.15) is 24.0 Å². The van der Waals surface area contributed by atoms with E-state index in [4.69, 9.17) is 4.74 Å². The zero-order chi connectivity index (χ0) is 28.3. The van der Waals surface area contributed by atoms with E-state index in [1.54, 1.807) is 6.92 Å². The topological polar surface area (TPSA) is 139 Å². The maximum Gasteiger partial charge on any atom is 0.271 e. The number of nitro benzene ring substituents is 1. The van der Waals surface area contributed by atoms with Gasteiger partial charge in [-0.05, 0) is 30.9 Å². The molecule has 0 heterocycles. The molecular weight excluding hydrogens is 512 g/mol. The number of benzene rings is 2. The van der Waals surface area contributed by atoms with Gasteiger partial charge in [-0.3, -0.25) is 24.0 Å². The lowest BCUT2D eigenvalue weighted by Gasteiger charge is -2.33. The van der Waals surface area contributed by atoms with Crippen LogP contribution in [-0.2, 0) is 26.0 Å². The number of non-ortho nitro benzene ring substituents is 1. The van der Waals surface area contributed by atoms with Gasteiger partial charge in [0.05, 0.1) is 18.3 Å². The Morgan fingerprint density at radius 2 is 1.82 bits per heavy atom. The fourth-order valence-electron chi connectivity index (χ4n) is 3.98. The van der Waals surface area contributed by atoms with Crippen molar-refractivity contribution in [1.29, 1.82) is 0 Å². The van der Waals surface area contributed by atoms with E-state index in [2.05, 4.69) is 5.32 Å². The van der Waals surface area contributed by atoms with Crippen LogP contribution in [0.2, 0.25) is 0 Å². The van der Waals surface area contributed by atoms with Crippen molar-refractivity contribution in [2.45, 2.75) is 45.6 Å². The van der Waals surface area contributed by atoms with Crippen LogP contribution >= 0.6 is 0 Å². The molecule has 12 heteroatoms. The summed E-state index contributed by atoms with van der Waals surface area (Å²) >= 11 is 0. The third-order valence-electron chi connectivity index (χ3n) is 6.02. The molecule has 2 aromatic carbocycles. The predicted molar refractivity (Wildman–Crippen MR) is 146 cm³/mol. The van der Waals surface area contributed by atoms with Crippen molar-refractivity contribution in [3.05, 3.63) is 64.2 Å². The molecule has 0 aliphatic rings. The van der Waals surface area contributed by atoms with Gasteiger partial charge in [0.25, 0.3) is 5.69 Å². The highest BCUT2D eigenvalue weighted by Crippen LogP contribution is 2.33. The van der Waals surface area contributed by atoms with Crippen LogP contribution in [0.4, 0.5) is 11.4 Å². The quantitative estimate of drug-likeness (QED) is 0.205. The lowest BCUT2D eigenvalue weighted by Crippen LogP contribution is -2.53. The summed E-state index contributed by atoms with van der Waals surface area (Å²) in [5, 5.41) is 14.2. The summed E-state index contributed by atoms with van der Waals surface area (Å²) in [4.78, 5) is 38.8. The number of carbonyl (C=O) groups is 2. The largest absolute Gasteiger partial charge is 0.495 e. The summed E-state index contributed by atoms with van der Waals surface area (Å²) in [6, 6.07) is 12.1. The molecule has 11 nitrogen and oxygen atoms in total. The first kappa shape index (κ1) is 30.6. The number of unbranched alkanes of at least 4 members (excludes halogenated alkanes) is 1. The highest BCUT2D eigenvalue weighted by molar-refractivity contribution is 7.92. The first-order valence-corrected chi connectivity index (χ1v) is 14.3. The van der Waals surface area contributed by atoms with Gasteiger partial charge in [-0.2, -0.15) is 0 Å². The lowest BCUT2D eigenvalue weighted by molar-refractivity contribution is -0.384. The zero-order valence-corrected chi connectivity index (χ0v) is 23.1. The Hall–Kier alpha value is -3.67. The van der Waals surface area contributed by atoms with Crippen molar-refractivity contribution in [3.63, 3.8) is 0 Å². The molecule has 0 saturated heterocycles. The molecule has 0 aliphatic carbocycles. The van der Waals surface area contributed by atoms with Gasteiger partial charge in [-0.25, -0.2) is 8.42 Å². The van der Waals surface area contributed by atoms with E-state index in [1.807, 2.05) is 37.3 Å². The highest BCUT2D eigenvalue weighted by Gasteiger charge is 2.32. The SMILES string of the molecule is CCCCNC(=O)[C@H](CC)N(CCc1ccccc1)C(=O)CN(c1cc([N+](=O)[O-])ccc1OC)S(C)(=O)=O. The van der Waals surface area contributed by atoms with Crippen LogP contribution in [-0.4, -0.2) is 69.1 Å². The summed E-state index contributed by atoms with van der Waals surface area (Å²) in [7, 11) is -2.78. The van der Waals surface area contributed by atoms with Crippen LogP contribution in [0.5, 0.6) is 5.75 Å². The second kappa shape index (κ2) is 14.3. The Bertz CT molecular complexity index is 1210. The average Bonchev–Trinajstić information content (AvgIpc) is 2.89. The Kier molecular flexibility index (Phi) is 11.5. The molecule has 2 rings (SSSR count). The number of hydrogen-bond acceptors (Lipinski definition) is 7. The van der Waals surface area contributed by atoms with Crippen LogP contribution in [0.25, 0.3) is 0 Å². The molecule has 0 aromatic heterocycles. The number of methoxy groups -OCH3 is 1. The second-order valence-electron chi connectivity index (χ2n) is 8.77. The second-order valence-corrected chi connectivity index (χ2v) is 10.7. The molecule has 0 spiro atoms. The zero-order valence-electron chi connectivity index (χ0n) is 22.3. The van der Waals surface area contributed by atoms with Gasteiger partial charge in [0, 0.05) is 25.2 Å². The van der Waals surface area contributed by atoms with Gasteiger partial charge >= 0.3 is 0 Å². The number of rotatable bonds is 15. The van der Waals surface area contributed by atoms with E-state index in [0.29, 0.717) is 19.4 Å². The average molecular weight is 549 g/mol. The Morgan fingerprint density at radius 1 is 1.13 bits per heavy atom. The molecule has 2 amide bonds. The highest BCUT2D eigenvalue weighted by atomic mass is 32.2. The number of amides is 2.